The van der Waals surface area contributed by atoms with Crippen LogP contribution in [0.1, 0.15) is 44.1 Å². The Labute approximate surface area is 207 Å². The highest BCUT2D eigenvalue weighted by Crippen LogP contribution is 2.21. The van der Waals surface area contributed by atoms with Gasteiger partial charge in [-0.25, -0.2) is 4.68 Å². The third-order valence-electron chi connectivity index (χ3n) is 5.14. The van der Waals surface area contributed by atoms with Crippen LogP contribution in [0.15, 0.2) is 58.7 Å². The van der Waals surface area contributed by atoms with Gasteiger partial charge in [0.15, 0.2) is 0 Å². The quantitative estimate of drug-likeness (QED) is 0.415. The van der Waals surface area contributed by atoms with Crippen LogP contribution in [-0.2, 0) is 9.59 Å². The minimum absolute atomic E-state index is 0.115. The van der Waals surface area contributed by atoms with Crippen LogP contribution >= 0.6 is 11.3 Å². The first-order valence-corrected chi connectivity index (χ1v) is 12.1. The Hall–Kier alpha value is -3.79. The zero-order chi connectivity index (χ0) is 25.6. The van der Waals surface area contributed by atoms with Crippen molar-refractivity contribution in [1.29, 1.82) is 0 Å². The van der Waals surface area contributed by atoms with Gasteiger partial charge < -0.3 is 16.0 Å². The Kier molecular flexibility index (Phi) is 8.18. The summed E-state index contributed by atoms with van der Waals surface area (Å²) >= 11 is 1.50. The lowest BCUT2D eigenvalue weighted by atomic mass is 9.95. The summed E-state index contributed by atoms with van der Waals surface area (Å²) in [6, 6.07) is 12.6. The SMILES string of the molecule is CC(C(=O)NCCNC(=O)c1ccc(NC(=O)C(C)(C)C)cc1)n1nc(-c2cccs2)ccc1=O. The van der Waals surface area contributed by atoms with Crippen molar-refractivity contribution < 1.29 is 14.4 Å². The van der Waals surface area contributed by atoms with Gasteiger partial charge in [0, 0.05) is 35.8 Å². The zero-order valence-corrected chi connectivity index (χ0v) is 20.9. The molecule has 0 aliphatic rings. The van der Waals surface area contributed by atoms with Gasteiger partial charge in [0.25, 0.3) is 11.5 Å². The van der Waals surface area contributed by atoms with Gasteiger partial charge >= 0.3 is 0 Å². The van der Waals surface area contributed by atoms with Crippen molar-refractivity contribution >= 4 is 34.7 Å². The topological polar surface area (TPSA) is 122 Å². The molecule has 3 aromatic rings. The molecule has 10 heteroatoms. The molecule has 3 rings (SSSR count). The third-order valence-corrected chi connectivity index (χ3v) is 6.03. The van der Waals surface area contributed by atoms with E-state index < -0.39 is 11.5 Å². The second-order valence-corrected chi connectivity index (χ2v) is 9.93. The van der Waals surface area contributed by atoms with Gasteiger partial charge in [-0.3, -0.25) is 19.2 Å². The molecule has 1 atom stereocenters. The van der Waals surface area contributed by atoms with Crippen molar-refractivity contribution in [2.24, 2.45) is 5.41 Å². The van der Waals surface area contributed by atoms with Crippen molar-refractivity contribution in [3.05, 3.63) is 69.8 Å². The first kappa shape index (κ1) is 25.8. The molecule has 0 radical (unpaired) electrons. The Morgan fingerprint density at radius 1 is 1.00 bits per heavy atom. The standard InChI is InChI=1S/C25H29N5O4S/c1-16(30-21(31)12-11-19(29-30)20-6-5-15-35-20)22(32)26-13-14-27-23(33)17-7-9-18(10-8-17)28-24(34)25(2,3)4/h5-12,15-16H,13-14H2,1-4H3,(H,26,32)(H,27,33)(H,28,34). The fourth-order valence-electron chi connectivity index (χ4n) is 3.00. The van der Waals surface area contributed by atoms with E-state index in [0.717, 1.165) is 9.56 Å². The Morgan fingerprint density at radius 3 is 2.31 bits per heavy atom. The average molecular weight is 496 g/mol. The lowest BCUT2D eigenvalue weighted by molar-refractivity contribution is -0.124. The number of rotatable bonds is 8. The largest absolute Gasteiger partial charge is 0.352 e. The van der Waals surface area contributed by atoms with Gasteiger partial charge in [-0.05, 0) is 48.7 Å². The second-order valence-electron chi connectivity index (χ2n) is 8.98. The van der Waals surface area contributed by atoms with E-state index in [2.05, 4.69) is 21.0 Å². The number of hydrogen-bond donors (Lipinski definition) is 3. The molecule has 0 saturated heterocycles. The predicted octanol–water partition coefficient (Wildman–Crippen LogP) is 3.06. The van der Waals surface area contributed by atoms with Crippen molar-refractivity contribution in [2.45, 2.75) is 33.7 Å². The molecule has 3 N–H and O–H groups in total. The molecule has 0 bridgehead atoms. The molecular formula is C25H29N5O4S. The van der Waals surface area contributed by atoms with Crippen LogP contribution < -0.4 is 21.5 Å². The maximum Gasteiger partial charge on any atom is 0.267 e. The maximum atomic E-state index is 12.5. The van der Waals surface area contributed by atoms with Crippen molar-refractivity contribution in [1.82, 2.24) is 20.4 Å². The molecule has 0 spiro atoms. The Morgan fingerprint density at radius 2 is 1.69 bits per heavy atom. The van der Waals surface area contributed by atoms with Gasteiger partial charge in [-0.1, -0.05) is 26.8 Å². The molecule has 2 aromatic heterocycles. The number of nitrogens with one attached hydrogen (secondary N) is 3. The molecule has 1 aromatic carbocycles. The van der Waals surface area contributed by atoms with E-state index in [0.29, 0.717) is 16.9 Å². The van der Waals surface area contributed by atoms with Crippen molar-refractivity contribution in [3.8, 4) is 10.6 Å². The van der Waals surface area contributed by atoms with Gasteiger partial charge in [0.05, 0.1) is 4.88 Å². The van der Waals surface area contributed by atoms with E-state index in [-0.39, 0.29) is 36.4 Å². The normalized spacial score (nSPS) is 12.0. The summed E-state index contributed by atoms with van der Waals surface area (Å²) in [6.07, 6.45) is 0. The van der Waals surface area contributed by atoms with Crippen LogP contribution in [0.5, 0.6) is 0 Å². The van der Waals surface area contributed by atoms with E-state index in [1.54, 1.807) is 37.3 Å². The van der Waals surface area contributed by atoms with E-state index in [1.165, 1.54) is 17.4 Å². The van der Waals surface area contributed by atoms with Gasteiger partial charge in [0.2, 0.25) is 11.8 Å². The minimum Gasteiger partial charge on any atom is -0.352 e. The lowest BCUT2D eigenvalue weighted by Gasteiger charge is -2.17. The smallest absolute Gasteiger partial charge is 0.267 e. The lowest BCUT2D eigenvalue weighted by Crippen LogP contribution is -2.40. The van der Waals surface area contributed by atoms with E-state index >= 15 is 0 Å². The van der Waals surface area contributed by atoms with Crippen LogP contribution in [0, 0.1) is 5.41 Å². The Balaban J connectivity index is 1.49. The number of benzene rings is 1. The summed E-state index contributed by atoms with van der Waals surface area (Å²) in [4.78, 5) is 50.1. The van der Waals surface area contributed by atoms with E-state index in [9.17, 15) is 19.2 Å². The fourth-order valence-corrected chi connectivity index (χ4v) is 3.70. The van der Waals surface area contributed by atoms with Crippen LogP contribution in [0.25, 0.3) is 10.6 Å². The number of thiophene rings is 1. The molecule has 184 valence electrons. The summed E-state index contributed by atoms with van der Waals surface area (Å²) in [5.74, 6) is -0.797. The highest BCUT2D eigenvalue weighted by Gasteiger charge is 2.21. The van der Waals surface area contributed by atoms with Crippen LogP contribution in [-0.4, -0.2) is 40.6 Å². The van der Waals surface area contributed by atoms with Gasteiger partial charge in [0.1, 0.15) is 11.7 Å². The van der Waals surface area contributed by atoms with Crippen molar-refractivity contribution in [2.75, 3.05) is 18.4 Å². The molecule has 35 heavy (non-hydrogen) atoms. The predicted molar refractivity (Wildman–Crippen MR) is 136 cm³/mol. The molecule has 1 unspecified atom stereocenters. The average Bonchev–Trinajstić information content (AvgIpc) is 3.36. The van der Waals surface area contributed by atoms with Crippen molar-refractivity contribution in [3.63, 3.8) is 0 Å². The highest BCUT2D eigenvalue weighted by molar-refractivity contribution is 7.13. The number of carbonyl (C=O) groups excluding carboxylic acids is 3. The molecule has 0 saturated carbocycles. The number of carbonyl (C=O) groups is 3. The summed E-state index contributed by atoms with van der Waals surface area (Å²) < 4.78 is 1.16. The first-order chi connectivity index (χ1) is 16.6. The summed E-state index contributed by atoms with van der Waals surface area (Å²) in [7, 11) is 0. The van der Waals surface area contributed by atoms with Crippen LogP contribution in [0.4, 0.5) is 5.69 Å². The molecule has 0 aliphatic carbocycles. The fraction of sp³-hybridized carbons (Fsp3) is 0.320. The molecule has 0 aliphatic heterocycles. The highest BCUT2D eigenvalue weighted by atomic mass is 32.1. The minimum atomic E-state index is -0.811. The van der Waals surface area contributed by atoms with Crippen LogP contribution in [0.3, 0.4) is 0 Å². The Bertz CT molecular complexity index is 1240. The summed E-state index contributed by atoms with van der Waals surface area (Å²) in [5.41, 5.74) is 0.766. The summed E-state index contributed by atoms with van der Waals surface area (Å²) in [6.45, 7) is 7.45. The molecular weight excluding hydrogens is 466 g/mol. The number of amides is 3. The van der Waals surface area contributed by atoms with Crippen LogP contribution in [0.2, 0.25) is 0 Å². The number of nitrogens with zero attached hydrogens (tertiary/aromatic N) is 2. The summed E-state index contributed by atoms with van der Waals surface area (Å²) in [5, 5.41) is 14.5. The monoisotopic (exact) mass is 495 g/mol. The van der Waals surface area contributed by atoms with E-state index in [4.69, 9.17) is 0 Å². The molecule has 3 amide bonds. The number of anilines is 1. The number of hydrogen-bond acceptors (Lipinski definition) is 6. The van der Waals surface area contributed by atoms with E-state index in [1.807, 2.05) is 38.3 Å². The second kappa shape index (κ2) is 11.1. The molecule has 9 nitrogen and oxygen atoms in total. The zero-order valence-electron chi connectivity index (χ0n) is 20.1. The maximum absolute atomic E-state index is 12.5. The van der Waals surface area contributed by atoms with Gasteiger partial charge in [-0.2, -0.15) is 5.10 Å². The van der Waals surface area contributed by atoms with Gasteiger partial charge in [-0.15, -0.1) is 11.3 Å². The number of aromatic nitrogens is 2. The molecule has 0 fully saturated rings. The third kappa shape index (κ3) is 6.86. The first-order valence-electron chi connectivity index (χ1n) is 11.2. The molecule has 2 heterocycles.